The molecule has 3 nitrogen and oxygen atoms in total. The van der Waals surface area contributed by atoms with Crippen molar-refractivity contribution < 1.29 is 4.79 Å². The van der Waals surface area contributed by atoms with E-state index in [1.54, 1.807) is 6.92 Å². The summed E-state index contributed by atoms with van der Waals surface area (Å²) in [5.74, 6) is 6.67. The molecule has 3 unspecified atom stereocenters. The second kappa shape index (κ2) is 4.24. The fraction of sp³-hybridized carbons (Fsp3) is 0.750. The van der Waals surface area contributed by atoms with Crippen LogP contribution in [0.5, 0.6) is 0 Å². The SMILES string of the molecule is CC#CC(=O)N1CC2CNCC2C1CC. The quantitative estimate of drug-likeness (QED) is 0.632. The summed E-state index contributed by atoms with van der Waals surface area (Å²) in [6.07, 6.45) is 1.04. The van der Waals surface area contributed by atoms with Gasteiger partial charge in [0.05, 0.1) is 0 Å². The molecule has 3 heteroatoms. The van der Waals surface area contributed by atoms with Gasteiger partial charge in [-0.15, -0.1) is 0 Å². The van der Waals surface area contributed by atoms with E-state index in [1.165, 1.54) is 0 Å². The highest BCUT2D eigenvalue weighted by Gasteiger charge is 2.44. The van der Waals surface area contributed by atoms with Crippen molar-refractivity contribution in [1.29, 1.82) is 0 Å². The van der Waals surface area contributed by atoms with Crippen LogP contribution in [-0.4, -0.2) is 36.5 Å². The average Bonchev–Trinajstić information content (AvgIpc) is 2.76. The van der Waals surface area contributed by atoms with E-state index in [2.05, 4.69) is 24.1 Å². The number of carbonyl (C=O) groups excluding carboxylic acids is 1. The topological polar surface area (TPSA) is 32.3 Å². The van der Waals surface area contributed by atoms with Crippen molar-refractivity contribution in [2.45, 2.75) is 26.3 Å². The first-order valence-electron chi connectivity index (χ1n) is 5.72. The van der Waals surface area contributed by atoms with Gasteiger partial charge >= 0.3 is 0 Å². The Kier molecular flexibility index (Phi) is 2.97. The molecule has 0 radical (unpaired) electrons. The molecule has 2 aliphatic rings. The van der Waals surface area contributed by atoms with Gasteiger partial charge in [0, 0.05) is 25.7 Å². The Morgan fingerprint density at radius 1 is 1.53 bits per heavy atom. The Morgan fingerprint density at radius 3 is 3.00 bits per heavy atom. The lowest BCUT2D eigenvalue weighted by molar-refractivity contribution is -0.126. The van der Waals surface area contributed by atoms with E-state index in [1.807, 2.05) is 4.90 Å². The third kappa shape index (κ3) is 1.74. The summed E-state index contributed by atoms with van der Waals surface area (Å²) < 4.78 is 0. The molecule has 0 aliphatic carbocycles. The minimum absolute atomic E-state index is 0.0127. The largest absolute Gasteiger partial charge is 0.328 e. The van der Waals surface area contributed by atoms with Crippen LogP contribution in [0.25, 0.3) is 0 Å². The lowest BCUT2D eigenvalue weighted by Gasteiger charge is -2.24. The number of hydrogen-bond donors (Lipinski definition) is 1. The van der Waals surface area contributed by atoms with Gasteiger partial charge in [0.2, 0.25) is 0 Å². The minimum atomic E-state index is 0.0127. The highest BCUT2D eigenvalue weighted by atomic mass is 16.2. The monoisotopic (exact) mass is 206 g/mol. The molecule has 2 aliphatic heterocycles. The van der Waals surface area contributed by atoms with E-state index in [-0.39, 0.29) is 5.91 Å². The van der Waals surface area contributed by atoms with Gasteiger partial charge in [-0.05, 0) is 31.1 Å². The van der Waals surface area contributed by atoms with E-state index < -0.39 is 0 Å². The molecule has 0 aromatic carbocycles. The summed E-state index contributed by atoms with van der Waals surface area (Å²) >= 11 is 0. The number of fused-ring (bicyclic) bond motifs is 1. The average molecular weight is 206 g/mol. The van der Waals surface area contributed by atoms with E-state index in [9.17, 15) is 4.79 Å². The fourth-order valence-corrected chi connectivity index (χ4v) is 2.96. The predicted octanol–water partition coefficient (Wildman–Crippen LogP) is 0.466. The summed E-state index contributed by atoms with van der Waals surface area (Å²) in [4.78, 5) is 13.8. The Hall–Kier alpha value is -1.01. The van der Waals surface area contributed by atoms with Crippen molar-refractivity contribution in [2.24, 2.45) is 11.8 Å². The lowest BCUT2D eigenvalue weighted by Crippen LogP contribution is -2.38. The molecule has 0 spiro atoms. The Balaban J connectivity index is 2.12. The molecule has 0 aromatic rings. The van der Waals surface area contributed by atoms with Gasteiger partial charge in [0.25, 0.3) is 5.91 Å². The maximum atomic E-state index is 11.8. The first kappa shape index (κ1) is 10.5. The maximum Gasteiger partial charge on any atom is 0.298 e. The number of nitrogens with one attached hydrogen (secondary N) is 1. The van der Waals surface area contributed by atoms with Crippen molar-refractivity contribution >= 4 is 5.91 Å². The van der Waals surface area contributed by atoms with Gasteiger partial charge in [0.1, 0.15) is 0 Å². The molecule has 2 heterocycles. The number of amides is 1. The highest BCUT2D eigenvalue weighted by Crippen LogP contribution is 2.33. The van der Waals surface area contributed by atoms with Gasteiger partial charge in [0.15, 0.2) is 0 Å². The Labute approximate surface area is 91.2 Å². The molecule has 2 fully saturated rings. The smallest absolute Gasteiger partial charge is 0.298 e. The zero-order valence-electron chi connectivity index (χ0n) is 9.42. The van der Waals surface area contributed by atoms with Crippen LogP contribution < -0.4 is 5.32 Å². The molecule has 2 rings (SSSR count). The Bertz CT molecular complexity index is 315. The summed E-state index contributed by atoms with van der Waals surface area (Å²) in [6, 6.07) is 0.401. The van der Waals surface area contributed by atoms with Gasteiger partial charge < -0.3 is 10.2 Å². The number of nitrogens with zero attached hydrogens (tertiary/aromatic N) is 1. The second-order valence-corrected chi connectivity index (χ2v) is 4.39. The first-order chi connectivity index (χ1) is 7.27. The van der Waals surface area contributed by atoms with Gasteiger partial charge in [-0.25, -0.2) is 0 Å². The van der Waals surface area contributed by atoms with Crippen molar-refractivity contribution in [2.75, 3.05) is 19.6 Å². The first-order valence-corrected chi connectivity index (χ1v) is 5.72. The van der Waals surface area contributed by atoms with Crippen molar-refractivity contribution in [1.82, 2.24) is 10.2 Å². The summed E-state index contributed by atoms with van der Waals surface area (Å²) in [5.41, 5.74) is 0. The van der Waals surface area contributed by atoms with E-state index in [0.717, 1.165) is 26.1 Å². The van der Waals surface area contributed by atoms with Crippen molar-refractivity contribution in [3.8, 4) is 11.8 Å². The molecular formula is C12H18N2O. The highest BCUT2D eigenvalue weighted by molar-refractivity contribution is 5.93. The molecule has 0 bridgehead atoms. The zero-order valence-corrected chi connectivity index (χ0v) is 9.42. The number of hydrogen-bond acceptors (Lipinski definition) is 2. The molecule has 0 aromatic heterocycles. The standard InChI is InChI=1S/C12H18N2O/c1-3-5-12(15)14-8-9-6-13-7-10(9)11(14)4-2/h9-11,13H,4,6-8H2,1-2H3. The van der Waals surface area contributed by atoms with Crippen LogP contribution in [0.1, 0.15) is 20.3 Å². The molecule has 82 valence electrons. The van der Waals surface area contributed by atoms with Crippen molar-refractivity contribution in [3.05, 3.63) is 0 Å². The minimum Gasteiger partial charge on any atom is -0.328 e. The van der Waals surface area contributed by atoms with Crippen LogP contribution in [0.2, 0.25) is 0 Å². The molecule has 15 heavy (non-hydrogen) atoms. The van der Waals surface area contributed by atoms with E-state index >= 15 is 0 Å². The summed E-state index contributed by atoms with van der Waals surface area (Å²) in [5, 5.41) is 3.41. The molecule has 2 saturated heterocycles. The van der Waals surface area contributed by atoms with Crippen LogP contribution >= 0.6 is 0 Å². The predicted molar refractivity (Wildman–Crippen MR) is 59.1 cm³/mol. The molecule has 0 saturated carbocycles. The second-order valence-electron chi connectivity index (χ2n) is 4.39. The molecule has 1 N–H and O–H groups in total. The van der Waals surface area contributed by atoms with Crippen LogP contribution in [-0.2, 0) is 4.79 Å². The third-order valence-electron chi connectivity index (χ3n) is 3.63. The summed E-state index contributed by atoms with van der Waals surface area (Å²) in [6.45, 7) is 6.89. The maximum absolute atomic E-state index is 11.8. The van der Waals surface area contributed by atoms with E-state index in [4.69, 9.17) is 0 Å². The van der Waals surface area contributed by atoms with Crippen LogP contribution in [0, 0.1) is 23.7 Å². The zero-order chi connectivity index (χ0) is 10.8. The molecular weight excluding hydrogens is 188 g/mol. The van der Waals surface area contributed by atoms with Gasteiger partial charge in [-0.2, -0.15) is 0 Å². The number of likely N-dealkylation sites (tertiary alicyclic amines) is 1. The Morgan fingerprint density at radius 2 is 2.33 bits per heavy atom. The lowest BCUT2D eigenvalue weighted by atomic mass is 9.93. The van der Waals surface area contributed by atoms with Gasteiger partial charge in [-0.3, -0.25) is 4.79 Å². The summed E-state index contributed by atoms with van der Waals surface area (Å²) in [7, 11) is 0. The normalized spacial score (nSPS) is 33.5. The van der Waals surface area contributed by atoms with Crippen LogP contribution in [0.4, 0.5) is 0 Å². The number of carbonyl (C=O) groups is 1. The fourth-order valence-electron chi connectivity index (χ4n) is 2.96. The van der Waals surface area contributed by atoms with Crippen LogP contribution in [0.15, 0.2) is 0 Å². The van der Waals surface area contributed by atoms with Gasteiger partial charge in [-0.1, -0.05) is 12.8 Å². The third-order valence-corrected chi connectivity index (χ3v) is 3.63. The van der Waals surface area contributed by atoms with E-state index in [0.29, 0.717) is 17.9 Å². The van der Waals surface area contributed by atoms with Crippen molar-refractivity contribution in [3.63, 3.8) is 0 Å². The molecule has 1 amide bonds. The molecule has 3 atom stereocenters. The number of rotatable bonds is 1. The van der Waals surface area contributed by atoms with Crippen LogP contribution in [0.3, 0.4) is 0 Å².